The molecular formula is C14H17ClN2O3. The first-order valence-electron chi connectivity index (χ1n) is 6.48. The molecule has 6 heteroatoms. The van der Waals surface area contributed by atoms with Crippen molar-refractivity contribution in [2.45, 2.75) is 38.1 Å². The second-order valence-corrected chi connectivity index (χ2v) is 5.62. The largest absolute Gasteiger partial charge is 0.481 e. The number of hydrogen-bond acceptors (Lipinski definition) is 2. The highest BCUT2D eigenvalue weighted by Gasteiger charge is 2.40. The van der Waals surface area contributed by atoms with Crippen molar-refractivity contribution >= 4 is 29.3 Å². The predicted molar refractivity (Wildman–Crippen MR) is 77.2 cm³/mol. The van der Waals surface area contributed by atoms with E-state index in [-0.39, 0.29) is 6.42 Å². The Balaban J connectivity index is 2.04. The first-order valence-corrected chi connectivity index (χ1v) is 6.86. The third-order valence-corrected chi connectivity index (χ3v) is 3.95. The highest BCUT2D eigenvalue weighted by Crippen LogP contribution is 2.35. The number of urea groups is 1. The van der Waals surface area contributed by atoms with Gasteiger partial charge in [0.2, 0.25) is 0 Å². The van der Waals surface area contributed by atoms with E-state index in [4.69, 9.17) is 16.7 Å². The molecule has 0 spiro atoms. The van der Waals surface area contributed by atoms with Crippen LogP contribution >= 0.6 is 11.6 Å². The molecule has 5 nitrogen and oxygen atoms in total. The Morgan fingerprint density at radius 3 is 2.60 bits per heavy atom. The van der Waals surface area contributed by atoms with E-state index in [0.29, 0.717) is 23.6 Å². The van der Waals surface area contributed by atoms with Gasteiger partial charge in [-0.2, -0.15) is 0 Å². The summed E-state index contributed by atoms with van der Waals surface area (Å²) < 4.78 is 0. The summed E-state index contributed by atoms with van der Waals surface area (Å²) in [5, 5.41) is 14.8. The lowest BCUT2D eigenvalue weighted by Gasteiger charge is -2.41. The zero-order chi connectivity index (χ0) is 14.8. The molecule has 0 atom stereocenters. The number of nitrogens with one attached hydrogen (secondary N) is 2. The fraction of sp³-hybridized carbons (Fsp3) is 0.429. The van der Waals surface area contributed by atoms with Crippen LogP contribution in [0.2, 0.25) is 5.02 Å². The van der Waals surface area contributed by atoms with E-state index in [0.717, 1.165) is 12.0 Å². The maximum absolute atomic E-state index is 12.0. The van der Waals surface area contributed by atoms with Crippen molar-refractivity contribution in [2.24, 2.45) is 0 Å². The maximum atomic E-state index is 12.0. The normalized spacial score (nSPS) is 16.1. The van der Waals surface area contributed by atoms with Crippen molar-refractivity contribution in [2.75, 3.05) is 5.32 Å². The van der Waals surface area contributed by atoms with Crippen LogP contribution in [0, 0.1) is 6.92 Å². The quantitative estimate of drug-likeness (QED) is 0.798. The summed E-state index contributed by atoms with van der Waals surface area (Å²) in [6.07, 6.45) is 2.25. The van der Waals surface area contributed by atoms with Crippen LogP contribution in [-0.4, -0.2) is 22.6 Å². The summed E-state index contributed by atoms with van der Waals surface area (Å²) in [4.78, 5) is 22.9. The molecule has 108 valence electrons. The lowest BCUT2D eigenvalue weighted by atomic mass is 9.74. The summed E-state index contributed by atoms with van der Waals surface area (Å²) in [6, 6.07) is 4.93. The molecule has 0 heterocycles. The second kappa shape index (κ2) is 5.71. The second-order valence-electron chi connectivity index (χ2n) is 5.22. The fourth-order valence-electron chi connectivity index (χ4n) is 2.41. The van der Waals surface area contributed by atoms with Gasteiger partial charge in [-0.25, -0.2) is 4.79 Å². The molecule has 1 aliphatic rings. The van der Waals surface area contributed by atoms with Crippen molar-refractivity contribution in [3.05, 3.63) is 28.8 Å². The molecule has 1 saturated carbocycles. The van der Waals surface area contributed by atoms with Crippen LogP contribution in [0.25, 0.3) is 0 Å². The molecular weight excluding hydrogens is 280 g/mol. The molecule has 1 fully saturated rings. The van der Waals surface area contributed by atoms with Crippen molar-refractivity contribution in [1.82, 2.24) is 5.32 Å². The van der Waals surface area contributed by atoms with E-state index in [1.165, 1.54) is 0 Å². The Morgan fingerprint density at radius 2 is 2.10 bits per heavy atom. The van der Waals surface area contributed by atoms with Crippen molar-refractivity contribution in [1.29, 1.82) is 0 Å². The Kier molecular flexibility index (Phi) is 4.18. The van der Waals surface area contributed by atoms with Gasteiger partial charge >= 0.3 is 12.0 Å². The van der Waals surface area contributed by atoms with Gasteiger partial charge in [0.25, 0.3) is 0 Å². The molecule has 0 aromatic heterocycles. The monoisotopic (exact) mass is 296 g/mol. The molecule has 0 radical (unpaired) electrons. The molecule has 1 aromatic carbocycles. The topological polar surface area (TPSA) is 78.4 Å². The molecule has 1 aliphatic carbocycles. The van der Waals surface area contributed by atoms with E-state index in [9.17, 15) is 9.59 Å². The van der Waals surface area contributed by atoms with Crippen molar-refractivity contribution < 1.29 is 14.7 Å². The highest BCUT2D eigenvalue weighted by atomic mass is 35.5. The number of anilines is 1. The Bertz CT molecular complexity index is 521. The van der Waals surface area contributed by atoms with E-state index in [2.05, 4.69) is 10.6 Å². The number of hydrogen-bond donors (Lipinski definition) is 3. The van der Waals surface area contributed by atoms with Crippen LogP contribution in [0.1, 0.15) is 31.2 Å². The van der Waals surface area contributed by atoms with Gasteiger partial charge < -0.3 is 15.7 Å². The first-order chi connectivity index (χ1) is 9.42. The highest BCUT2D eigenvalue weighted by molar-refractivity contribution is 6.33. The first kappa shape index (κ1) is 14.7. The Labute approximate surface area is 122 Å². The van der Waals surface area contributed by atoms with Crippen LogP contribution in [0.5, 0.6) is 0 Å². The Hall–Kier alpha value is -1.75. The third kappa shape index (κ3) is 3.22. The number of aliphatic carboxylic acids is 1. The standard InChI is InChI=1S/C14H17ClN2O3/c1-9-4-2-5-10(15)12(9)16-13(20)17-14(6-3-7-14)8-11(18)19/h2,4-5H,3,6-8H2,1H3,(H,18,19)(H2,16,17,20). The molecule has 0 unspecified atom stereocenters. The van der Waals surface area contributed by atoms with E-state index < -0.39 is 17.5 Å². The number of carbonyl (C=O) groups is 2. The number of carboxylic acids is 1. The molecule has 20 heavy (non-hydrogen) atoms. The van der Waals surface area contributed by atoms with Gasteiger partial charge in [0, 0.05) is 0 Å². The number of amides is 2. The molecule has 3 N–H and O–H groups in total. The lowest BCUT2D eigenvalue weighted by Crippen LogP contribution is -2.55. The summed E-state index contributed by atoms with van der Waals surface area (Å²) in [6.45, 7) is 1.85. The fourth-order valence-corrected chi connectivity index (χ4v) is 2.68. The molecule has 0 saturated heterocycles. The van der Waals surface area contributed by atoms with Crippen molar-refractivity contribution in [3.8, 4) is 0 Å². The molecule has 1 aromatic rings. The van der Waals surface area contributed by atoms with Crippen LogP contribution in [0.3, 0.4) is 0 Å². The number of benzene rings is 1. The molecule has 2 amide bonds. The van der Waals surface area contributed by atoms with E-state index in [1.807, 2.05) is 13.0 Å². The van der Waals surface area contributed by atoms with Gasteiger partial charge in [0.1, 0.15) is 0 Å². The summed E-state index contributed by atoms with van der Waals surface area (Å²) in [5.74, 6) is -0.904. The van der Waals surface area contributed by atoms with Crippen LogP contribution in [0.15, 0.2) is 18.2 Å². The maximum Gasteiger partial charge on any atom is 0.319 e. The third-order valence-electron chi connectivity index (χ3n) is 3.64. The van der Waals surface area contributed by atoms with E-state index >= 15 is 0 Å². The SMILES string of the molecule is Cc1cccc(Cl)c1NC(=O)NC1(CC(=O)O)CCC1. The number of carboxylic acid groups (broad SMARTS) is 1. The van der Waals surface area contributed by atoms with E-state index in [1.54, 1.807) is 12.1 Å². The number of aryl methyl sites for hydroxylation is 1. The molecule has 0 aliphatic heterocycles. The van der Waals surface area contributed by atoms with Gasteiger partial charge in [0.05, 0.1) is 22.7 Å². The average Bonchev–Trinajstić information content (AvgIpc) is 2.30. The summed E-state index contributed by atoms with van der Waals surface area (Å²) >= 11 is 6.04. The van der Waals surface area contributed by atoms with Gasteiger partial charge in [-0.05, 0) is 37.8 Å². The number of rotatable bonds is 4. The molecule has 2 rings (SSSR count). The minimum absolute atomic E-state index is 0.0536. The molecule has 0 bridgehead atoms. The van der Waals surface area contributed by atoms with Gasteiger partial charge in [-0.1, -0.05) is 23.7 Å². The zero-order valence-corrected chi connectivity index (χ0v) is 12.0. The van der Waals surface area contributed by atoms with Crippen LogP contribution in [-0.2, 0) is 4.79 Å². The summed E-state index contributed by atoms with van der Waals surface area (Å²) in [5.41, 5.74) is 0.787. The van der Waals surface area contributed by atoms with Gasteiger partial charge in [0.15, 0.2) is 0 Å². The zero-order valence-electron chi connectivity index (χ0n) is 11.2. The minimum Gasteiger partial charge on any atom is -0.481 e. The van der Waals surface area contributed by atoms with Crippen molar-refractivity contribution in [3.63, 3.8) is 0 Å². The number of halogens is 1. The van der Waals surface area contributed by atoms with Gasteiger partial charge in [-0.3, -0.25) is 4.79 Å². The lowest BCUT2D eigenvalue weighted by molar-refractivity contribution is -0.139. The summed E-state index contributed by atoms with van der Waals surface area (Å²) in [7, 11) is 0. The number of carbonyl (C=O) groups excluding carboxylic acids is 1. The van der Waals surface area contributed by atoms with Crippen LogP contribution < -0.4 is 10.6 Å². The average molecular weight is 297 g/mol. The van der Waals surface area contributed by atoms with Crippen LogP contribution in [0.4, 0.5) is 10.5 Å². The number of para-hydroxylation sites is 1. The Morgan fingerprint density at radius 1 is 1.40 bits per heavy atom. The smallest absolute Gasteiger partial charge is 0.319 e. The predicted octanol–water partition coefficient (Wildman–Crippen LogP) is 3.17. The minimum atomic E-state index is -0.904. The van der Waals surface area contributed by atoms with Gasteiger partial charge in [-0.15, -0.1) is 0 Å².